The molecular weight excluding hydrogens is 302 g/mol. The van der Waals surface area contributed by atoms with E-state index in [9.17, 15) is 13.6 Å². The molecule has 0 spiro atoms. The monoisotopic (exact) mass is 323 g/mol. The first-order valence-corrected chi connectivity index (χ1v) is 7.38. The smallest absolute Gasteiger partial charge is 0.279 e. The van der Waals surface area contributed by atoms with Gasteiger partial charge in [0, 0.05) is 12.6 Å². The van der Waals surface area contributed by atoms with Crippen molar-refractivity contribution < 1.29 is 18.9 Å². The number of nitrogens with two attached hydrogens (primary N) is 1. The van der Waals surface area contributed by atoms with Crippen molar-refractivity contribution in [3.63, 3.8) is 0 Å². The number of aromatic nitrogens is 2. The zero-order valence-corrected chi connectivity index (χ0v) is 13.7. The number of nitrogens with one attached hydrogen (secondary N) is 1. The summed E-state index contributed by atoms with van der Waals surface area (Å²) in [6, 6.07) is 3.61. The van der Waals surface area contributed by atoms with Crippen molar-refractivity contribution in [3.8, 4) is 0 Å². The number of amides is 1. The van der Waals surface area contributed by atoms with Gasteiger partial charge in [0.2, 0.25) is 0 Å². The van der Waals surface area contributed by atoms with Crippen LogP contribution in [0, 0.1) is 25.5 Å². The highest BCUT2D eigenvalue weighted by atomic mass is 19.2. The van der Waals surface area contributed by atoms with Crippen LogP contribution in [0.15, 0.2) is 18.2 Å². The van der Waals surface area contributed by atoms with Gasteiger partial charge < -0.3 is 10.6 Å². The fourth-order valence-corrected chi connectivity index (χ4v) is 2.36. The van der Waals surface area contributed by atoms with Gasteiger partial charge in [0.25, 0.3) is 5.91 Å². The summed E-state index contributed by atoms with van der Waals surface area (Å²) < 4.78 is 27.9. The van der Waals surface area contributed by atoms with E-state index < -0.39 is 11.6 Å². The number of aryl methyl sites for hydroxylation is 2. The summed E-state index contributed by atoms with van der Waals surface area (Å²) in [4.78, 5) is 12.1. The van der Waals surface area contributed by atoms with E-state index >= 15 is 0 Å². The lowest BCUT2D eigenvalue weighted by atomic mass is 10.1. The number of benzene rings is 1. The van der Waals surface area contributed by atoms with Crippen LogP contribution in [0.2, 0.25) is 0 Å². The summed E-state index contributed by atoms with van der Waals surface area (Å²) in [6.45, 7) is 5.72. The second kappa shape index (κ2) is 6.87. The number of nitrogens with zero attached hydrogens (tertiary/aromatic N) is 2. The normalized spacial score (nSPS) is 12.3. The molecular formula is C16H21F2N4O+. The molecule has 0 aliphatic rings. The standard InChI is InChI=1S/C16H20F2N4O/c1-9(12-5-6-13(17)14(18)7-12)19-8-15(23)20-16-10(2)21-22(4)11(16)3/h5-7,9,19H,8H2,1-4H3,(H,20,23)/p+1/t9-/m1/s1. The highest BCUT2D eigenvalue weighted by Crippen LogP contribution is 2.18. The van der Waals surface area contributed by atoms with E-state index in [-0.39, 0.29) is 18.5 Å². The molecule has 2 aromatic rings. The Morgan fingerprint density at radius 2 is 2.04 bits per heavy atom. The molecule has 0 saturated heterocycles. The van der Waals surface area contributed by atoms with Crippen LogP contribution in [0.3, 0.4) is 0 Å². The maximum Gasteiger partial charge on any atom is 0.279 e. The lowest BCUT2D eigenvalue weighted by Crippen LogP contribution is -2.86. The van der Waals surface area contributed by atoms with Gasteiger partial charge in [-0.1, -0.05) is 0 Å². The van der Waals surface area contributed by atoms with E-state index in [1.165, 1.54) is 6.07 Å². The van der Waals surface area contributed by atoms with E-state index in [4.69, 9.17) is 0 Å². The first kappa shape index (κ1) is 17.1. The fraction of sp³-hybridized carbons (Fsp3) is 0.375. The molecule has 0 bridgehead atoms. The summed E-state index contributed by atoms with van der Waals surface area (Å²) in [6.07, 6.45) is 0. The lowest BCUT2D eigenvalue weighted by Gasteiger charge is -2.11. The topological polar surface area (TPSA) is 63.5 Å². The lowest BCUT2D eigenvalue weighted by molar-refractivity contribution is -0.682. The molecule has 7 heteroatoms. The van der Waals surface area contributed by atoms with Crippen molar-refractivity contribution in [1.29, 1.82) is 0 Å². The molecule has 1 aromatic heterocycles. The minimum Gasteiger partial charge on any atom is -0.333 e. The molecule has 0 saturated carbocycles. The molecule has 1 amide bonds. The van der Waals surface area contributed by atoms with E-state index in [1.807, 2.05) is 27.8 Å². The van der Waals surface area contributed by atoms with Crippen molar-refractivity contribution >= 4 is 11.6 Å². The van der Waals surface area contributed by atoms with E-state index in [2.05, 4.69) is 10.4 Å². The molecule has 0 radical (unpaired) electrons. The average Bonchev–Trinajstić information content (AvgIpc) is 2.74. The summed E-state index contributed by atoms with van der Waals surface area (Å²) in [5, 5.41) is 8.84. The zero-order valence-electron chi connectivity index (χ0n) is 13.7. The molecule has 1 heterocycles. The highest BCUT2D eigenvalue weighted by molar-refractivity contribution is 5.92. The van der Waals surface area contributed by atoms with E-state index in [1.54, 1.807) is 10.00 Å². The largest absolute Gasteiger partial charge is 0.333 e. The van der Waals surface area contributed by atoms with Crippen LogP contribution >= 0.6 is 0 Å². The van der Waals surface area contributed by atoms with Crippen LogP contribution in [0.25, 0.3) is 0 Å². The number of hydrogen-bond donors (Lipinski definition) is 2. The first-order valence-electron chi connectivity index (χ1n) is 7.38. The Bertz CT molecular complexity index is 727. The average molecular weight is 323 g/mol. The van der Waals surface area contributed by atoms with Gasteiger partial charge in [-0.3, -0.25) is 9.48 Å². The molecule has 23 heavy (non-hydrogen) atoms. The van der Waals surface area contributed by atoms with Crippen LogP contribution in [-0.2, 0) is 11.8 Å². The predicted molar refractivity (Wildman–Crippen MR) is 82.9 cm³/mol. The fourth-order valence-electron chi connectivity index (χ4n) is 2.36. The predicted octanol–water partition coefficient (Wildman–Crippen LogP) is 1.58. The molecule has 124 valence electrons. The summed E-state index contributed by atoms with van der Waals surface area (Å²) in [5.74, 6) is -1.92. The van der Waals surface area contributed by atoms with Crippen LogP contribution < -0.4 is 10.6 Å². The second-order valence-corrected chi connectivity index (χ2v) is 5.62. The Morgan fingerprint density at radius 3 is 2.61 bits per heavy atom. The third-order valence-electron chi connectivity index (χ3n) is 3.90. The third kappa shape index (κ3) is 3.92. The van der Waals surface area contributed by atoms with Crippen molar-refractivity contribution in [2.75, 3.05) is 11.9 Å². The molecule has 0 fully saturated rings. The number of quaternary nitrogens is 1. The number of anilines is 1. The number of halogens is 2. The van der Waals surface area contributed by atoms with Crippen LogP contribution in [-0.4, -0.2) is 22.2 Å². The van der Waals surface area contributed by atoms with E-state index in [0.29, 0.717) is 11.3 Å². The Morgan fingerprint density at radius 1 is 1.35 bits per heavy atom. The number of rotatable bonds is 5. The third-order valence-corrected chi connectivity index (χ3v) is 3.90. The SMILES string of the molecule is Cc1nn(C)c(C)c1NC(=O)C[NH2+][C@H](C)c1ccc(F)c(F)c1. The van der Waals surface area contributed by atoms with Crippen molar-refractivity contribution in [2.24, 2.45) is 7.05 Å². The molecule has 1 atom stereocenters. The first-order chi connectivity index (χ1) is 10.8. The molecule has 0 unspecified atom stereocenters. The van der Waals surface area contributed by atoms with Gasteiger partial charge in [-0.15, -0.1) is 0 Å². The minimum atomic E-state index is -0.881. The second-order valence-electron chi connectivity index (χ2n) is 5.62. The molecule has 0 aliphatic carbocycles. The Hall–Kier alpha value is -2.28. The molecule has 5 nitrogen and oxygen atoms in total. The van der Waals surface area contributed by atoms with Gasteiger partial charge in [0.15, 0.2) is 18.2 Å². The van der Waals surface area contributed by atoms with Crippen LogP contribution in [0.1, 0.15) is 29.9 Å². The summed E-state index contributed by atoms with van der Waals surface area (Å²) in [7, 11) is 1.81. The molecule has 0 aliphatic heterocycles. The van der Waals surface area contributed by atoms with E-state index in [0.717, 1.165) is 23.5 Å². The van der Waals surface area contributed by atoms with Gasteiger partial charge >= 0.3 is 0 Å². The highest BCUT2D eigenvalue weighted by Gasteiger charge is 2.16. The number of hydrogen-bond acceptors (Lipinski definition) is 2. The number of carbonyl (C=O) groups excluding carboxylic acids is 1. The van der Waals surface area contributed by atoms with Gasteiger partial charge in [-0.05, 0) is 39.0 Å². The van der Waals surface area contributed by atoms with Crippen molar-refractivity contribution in [2.45, 2.75) is 26.8 Å². The maximum absolute atomic E-state index is 13.2. The Labute approximate surface area is 133 Å². The van der Waals surface area contributed by atoms with Gasteiger partial charge in [-0.2, -0.15) is 5.10 Å². The van der Waals surface area contributed by atoms with Gasteiger partial charge in [0.1, 0.15) is 6.04 Å². The van der Waals surface area contributed by atoms with Crippen molar-refractivity contribution in [3.05, 3.63) is 46.8 Å². The Balaban J connectivity index is 1.94. The molecule has 2 rings (SSSR count). The van der Waals surface area contributed by atoms with Gasteiger partial charge in [0.05, 0.1) is 17.1 Å². The van der Waals surface area contributed by atoms with Crippen LogP contribution in [0.5, 0.6) is 0 Å². The maximum atomic E-state index is 13.2. The molecule has 1 aromatic carbocycles. The van der Waals surface area contributed by atoms with Crippen LogP contribution in [0.4, 0.5) is 14.5 Å². The zero-order chi connectivity index (χ0) is 17.1. The quantitative estimate of drug-likeness (QED) is 0.877. The van der Waals surface area contributed by atoms with Gasteiger partial charge in [-0.25, -0.2) is 8.78 Å². The number of carbonyl (C=O) groups is 1. The molecule has 3 N–H and O–H groups in total. The summed E-state index contributed by atoms with van der Waals surface area (Å²) in [5.41, 5.74) is 2.98. The Kier molecular flexibility index (Phi) is 5.10. The summed E-state index contributed by atoms with van der Waals surface area (Å²) >= 11 is 0. The minimum absolute atomic E-state index is 0.160. The van der Waals surface area contributed by atoms with Crippen molar-refractivity contribution in [1.82, 2.24) is 9.78 Å².